The first-order valence-corrected chi connectivity index (χ1v) is 10.6. The molecule has 0 saturated carbocycles. The van der Waals surface area contributed by atoms with Crippen molar-refractivity contribution in [1.82, 2.24) is 9.80 Å². The number of carbonyl (C=O) groups excluding carboxylic acids is 2. The van der Waals surface area contributed by atoms with Crippen molar-refractivity contribution >= 4 is 23.4 Å². The van der Waals surface area contributed by atoms with Crippen LogP contribution >= 0.6 is 11.6 Å². The Hall–Kier alpha value is -3.18. The lowest BCUT2D eigenvalue weighted by molar-refractivity contribution is 0.0535. The third-order valence-corrected chi connectivity index (χ3v) is 5.81. The third kappa shape index (κ3) is 4.78. The number of hydrogen-bond acceptors (Lipinski definition) is 2. The molecule has 0 bridgehead atoms. The smallest absolute Gasteiger partial charge is 0.255 e. The Morgan fingerprint density at radius 1 is 0.774 bits per heavy atom. The average molecular weight is 437 g/mol. The van der Waals surface area contributed by atoms with Crippen LogP contribution in [-0.2, 0) is 6.42 Å². The minimum atomic E-state index is -0.480. The SMILES string of the molecule is O=C(c1ccc(F)cc1Cl)N1CCN(C(=O)c2ccccc2Cc2ccccc2)CC1. The number of rotatable bonds is 4. The maximum atomic E-state index is 13.3. The van der Waals surface area contributed by atoms with E-state index in [-0.39, 0.29) is 22.4 Å². The lowest BCUT2D eigenvalue weighted by atomic mass is 9.99. The molecule has 4 rings (SSSR count). The Morgan fingerprint density at radius 2 is 1.35 bits per heavy atom. The fourth-order valence-corrected chi connectivity index (χ4v) is 4.06. The zero-order chi connectivity index (χ0) is 21.8. The molecule has 1 heterocycles. The number of hydrogen-bond donors (Lipinski definition) is 0. The van der Waals surface area contributed by atoms with Crippen LogP contribution in [0.2, 0.25) is 5.02 Å². The van der Waals surface area contributed by atoms with Crippen LogP contribution in [0.5, 0.6) is 0 Å². The van der Waals surface area contributed by atoms with Crippen molar-refractivity contribution < 1.29 is 14.0 Å². The van der Waals surface area contributed by atoms with Gasteiger partial charge in [-0.15, -0.1) is 0 Å². The van der Waals surface area contributed by atoms with Crippen molar-refractivity contribution in [1.29, 1.82) is 0 Å². The van der Waals surface area contributed by atoms with Crippen LogP contribution in [0, 0.1) is 5.82 Å². The zero-order valence-electron chi connectivity index (χ0n) is 16.9. The van der Waals surface area contributed by atoms with Crippen LogP contribution in [0.3, 0.4) is 0 Å². The van der Waals surface area contributed by atoms with Gasteiger partial charge in [0.05, 0.1) is 10.6 Å². The van der Waals surface area contributed by atoms with Crippen LogP contribution in [0.4, 0.5) is 4.39 Å². The highest BCUT2D eigenvalue weighted by Crippen LogP contribution is 2.21. The maximum absolute atomic E-state index is 13.3. The van der Waals surface area contributed by atoms with Gasteiger partial charge in [-0.1, -0.05) is 60.1 Å². The largest absolute Gasteiger partial charge is 0.335 e. The quantitative estimate of drug-likeness (QED) is 0.596. The molecule has 0 N–H and O–H groups in total. The Bertz CT molecular complexity index is 1100. The van der Waals surface area contributed by atoms with Crippen LogP contribution in [0.15, 0.2) is 72.8 Å². The second kappa shape index (κ2) is 9.31. The van der Waals surface area contributed by atoms with Crippen molar-refractivity contribution in [3.8, 4) is 0 Å². The van der Waals surface area contributed by atoms with E-state index in [1.807, 2.05) is 54.6 Å². The minimum absolute atomic E-state index is 0.0292. The summed E-state index contributed by atoms with van der Waals surface area (Å²) in [6.45, 7) is 1.67. The minimum Gasteiger partial charge on any atom is -0.335 e. The van der Waals surface area contributed by atoms with E-state index in [4.69, 9.17) is 11.6 Å². The first kappa shape index (κ1) is 21.1. The van der Waals surface area contributed by atoms with Crippen molar-refractivity contribution in [2.75, 3.05) is 26.2 Å². The number of benzene rings is 3. The summed E-state index contributed by atoms with van der Waals surface area (Å²) in [6, 6.07) is 21.5. The fraction of sp³-hybridized carbons (Fsp3) is 0.200. The molecule has 3 aromatic carbocycles. The van der Waals surface area contributed by atoms with Gasteiger partial charge in [0.25, 0.3) is 11.8 Å². The Morgan fingerprint density at radius 3 is 2.00 bits per heavy atom. The van der Waals surface area contributed by atoms with Gasteiger partial charge in [-0.3, -0.25) is 9.59 Å². The predicted molar refractivity (Wildman–Crippen MR) is 119 cm³/mol. The predicted octanol–water partition coefficient (Wildman–Crippen LogP) is 4.67. The molecule has 158 valence electrons. The van der Waals surface area contributed by atoms with Gasteiger partial charge in [-0.05, 0) is 41.8 Å². The van der Waals surface area contributed by atoms with E-state index in [1.165, 1.54) is 12.1 Å². The number of carbonyl (C=O) groups is 2. The average Bonchev–Trinajstić information content (AvgIpc) is 2.79. The summed E-state index contributed by atoms with van der Waals surface area (Å²) in [5.41, 5.74) is 3.09. The Balaban J connectivity index is 1.44. The van der Waals surface area contributed by atoms with Crippen LogP contribution in [0.25, 0.3) is 0 Å². The molecule has 1 aliphatic heterocycles. The van der Waals surface area contributed by atoms with Crippen molar-refractivity contribution in [3.63, 3.8) is 0 Å². The van der Waals surface area contributed by atoms with Gasteiger partial charge in [0.2, 0.25) is 0 Å². The molecule has 1 aliphatic rings. The molecule has 1 saturated heterocycles. The molecule has 0 aliphatic carbocycles. The number of halogens is 2. The Labute approximate surface area is 185 Å². The summed E-state index contributed by atoms with van der Waals surface area (Å²) >= 11 is 6.03. The van der Waals surface area contributed by atoms with Crippen LogP contribution in [0.1, 0.15) is 31.8 Å². The highest BCUT2D eigenvalue weighted by atomic mass is 35.5. The van der Waals surface area contributed by atoms with Gasteiger partial charge in [-0.2, -0.15) is 0 Å². The van der Waals surface area contributed by atoms with Crippen molar-refractivity contribution in [2.24, 2.45) is 0 Å². The van der Waals surface area contributed by atoms with Gasteiger partial charge in [0, 0.05) is 31.7 Å². The van der Waals surface area contributed by atoms with Crippen molar-refractivity contribution in [3.05, 3.63) is 106 Å². The van der Waals surface area contributed by atoms with E-state index in [9.17, 15) is 14.0 Å². The number of nitrogens with zero attached hydrogens (tertiary/aromatic N) is 2. The standard InChI is InChI=1S/C25H22ClFN2O2/c26-23-17-20(27)10-11-22(23)25(31)29-14-12-28(13-15-29)24(30)21-9-5-4-8-19(21)16-18-6-2-1-3-7-18/h1-11,17H,12-16H2. The molecule has 31 heavy (non-hydrogen) atoms. The van der Waals surface area contributed by atoms with Gasteiger partial charge in [0.15, 0.2) is 0 Å². The van der Waals surface area contributed by atoms with Gasteiger partial charge in [0.1, 0.15) is 5.82 Å². The van der Waals surface area contributed by atoms with E-state index in [1.54, 1.807) is 9.80 Å². The first-order valence-electron chi connectivity index (χ1n) is 10.2. The van der Waals surface area contributed by atoms with Crippen LogP contribution in [-0.4, -0.2) is 47.8 Å². The molecule has 0 radical (unpaired) electrons. The molecule has 0 aromatic heterocycles. The molecule has 3 aromatic rings. The fourth-order valence-electron chi connectivity index (χ4n) is 3.82. The van der Waals surface area contributed by atoms with Gasteiger partial charge in [-0.25, -0.2) is 4.39 Å². The molecular weight excluding hydrogens is 415 g/mol. The molecule has 1 fully saturated rings. The molecule has 0 spiro atoms. The summed E-state index contributed by atoms with van der Waals surface area (Å²) in [7, 11) is 0. The van der Waals surface area contributed by atoms with Crippen molar-refractivity contribution in [2.45, 2.75) is 6.42 Å². The summed E-state index contributed by atoms with van der Waals surface area (Å²) in [5, 5.41) is 0.0957. The molecule has 4 nitrogen and oxygen atoms in total. The molecule has 2 amide bonds. The summed E-state index contributed by atoms with van der Waals surface area (Å²) in [4.78, 5) is 29.4. The van der Waals surface area contributed by atoms with E-state index < -0.39 is 5.82 Å². The third-order valence-electron chi connectivity index (χ3n) is 5.50. The second-order valence-electron chi connectivity index (χ2n) is 7.53. The van der Waals surface area contributed by atoms with E-state index in [2.05, 4.69) is 0 Å². The van der Waals surface area contributed by atoms with E-state index >= 15 is 0 Å². The summed E-state index contributed by atoms with van der Waals surface area (Å²) < 4.78 is 13.3. The monoisotopic (exact) mass is 436 g/mol. The topological polar surface area (TPSA) is 40.6 Å². The van der Waals surface area contributed by atoms with E-state index in [0.717, 1.165) is 17.2 Å². The van der Waals surface area contributed by atoms with Gasteiger partial charge >= 0.3 is 0 Å². The summed E-state index contributed by atoms with van der Waals surface area (Å²) in [6.07, 6.45) is 0.685. The number of piperazine rings is 1. The first-order chi connectivity index (χ1) is 15.0. The lowest BCUT2D eigenvalue weighted by Crippen LogP contribution is -2.50. The second-order valence-corrected chi connectivity index (χ2v) is 7.94. The maximum Gasteiger partial charge on any atom is 0.255 e. The van der Waals surface area contributed by atoms with E-state index in [0.29, 0.717) is 38.2 Å². The Kier molecular flexibility index (Phi) is 6.33. The molecule has 6 heteroatoms. The highest BCUT2D eigenvalue weighted by Gasteiger charge is 2.27. The lowest BCUT2D eigenvalue weighted by Gasteiger charge is -2.35. The summed E-state index contributed by atoms with van der Waals surface area (Å²) in [5.74, 6) is -0.758. The highest BCUT2D eigenvalue weighted by molar-refractivity contribution is 6.33. The normalized spacial score (nSPS) is 13.9. The zero-order valence-corrected chi connectivity index (χ0v) is 17.7. The molecular formula is C25H22ClFN2O2. The molecule has 0 atom stereocenters. The number of amides is 2. The van der Waals surface area contributed by atoms with Gasteiger partial charge < -0.3 is 9.80 Å². The molecule has 0 unspecified atom stereocenters. The van der Waals surface area contributed by atoms with Crippen LogP contribution < -0.4 is 0 Å².